The monoisotopic (exact) mass is 400 g/mol. The van der Waals surface area contributed by atoms with E-state index in [9.17, 15) is 14.0 Å². The number of amides is 2. The van der Waals surface area contributed by atoms with E-state index in [4.69, 9.17) is 9.47 Å². The number of aryl methyl sites for hydroxylation is 1. The zero-order valence-electron chi connectivity index (χ0n) is 16.6. The van der Waals surface area contributed by atoms with E-state index in [-0.39, 0.29) is 12.2 Å². The highest BCUT2D eigenvalue weighted by molar-refractivity contribution is 6.39. The molecule has 1 saturated heterocycles. The molecule has 0 aromatic heterocycles. The molecule has 0 atom stereocenters. The van der Waals surface area contributed by atoms with Crippen molar-refractivity contribution in [3.8, 4) is 5.75 Å². The standard InChI is InChI=1S/C22H25FN2O4/c1-15-7-8-16(13-18(15)23)25-21(27)20(26)24-14-22(9-11-29-12-10-22)17-5-3-4-6-19(17)28-2/h3-8,13H,9-12,14H2,1-2H3,(H,24,26)(H,25,27). The average Bonchev–Trinajstić information content (AvgIpc) is 2.75. The molecule has 1 aliphatic heterocycles. The molecule has 0 aliphatic carbocycles. The van der Waals surface area contributed by atoms with Crippen LogP contribution < -0.4 is 15.4 Å². The Bertz CT molecular complexity index is 894. The smallest absolute Gasteiger partial charge is 0.313 e. The summed E-state index contributed by atoms with van der Waals surface area (Å²) >= 11 is 0. The molecule has 2 amide bonds. The van der Waals surface area contributed by atoms with E-state index in [1.807, 2.05) is 24.3 Å². The fraction of sp³-hybridized carbons (Fsp3) is 0.364. The number of methoxy groups -OCH3 is 1. The summed E-state index contributed by atoms with van der Waals surface area (Å²) in [5.74, 6) is -1.31. The maximum atomic E-state index is 13.7. The molecule has 6 nitrogen and oxygen atoms in total. The van der Waals surface area contributed by atoms with Gasteiger partial charge in [0, 0.05) is 36.4 Å². The van der Waals surface area contributed by atoms with E-state index in [0.29, 0.717) is 31.6 Å². The second-order valence-corrected chi connectivity index (χ2v) is 7.19. The number of para-hydroxylation sites is 1. The third-order valence-electron chi connectivity index (χ3n) is 5.35. The zero-order chi connectivity index (χ0) is 20.9. The fourth-order valence-corrected chi connectivity index (χ4v) is 3.57. The summed E-state index contributed by atoms with van der Waals surface area (Å²) in [6.07, 6.45) is 1.39. The first-order valence-electron chi connectivity index (χ1n) is 9.52. The molecule has 1 aliphatic rings. The molecule has 1 fully saturated rings. The molecule has 0 bridgehead atoms. The van der Waals surface area contributed by atoms with Gasteiger partial charge in [-0.2, -0.15) is 0 Å². The van der Waals surface area contributed by atoms with Gasteiger partial charge in [0.1, 0.15) is 11.6 Å². The maximum absolute atomic E-state index is 13.7. The Morgan fingerprint density at radius 3 is 2.55 bits per heavy atom. The second-order valence-electron chi connectivity index (χ2n) is 7.19. The summed E-state index contributed by atoms with van der Waals surface area (Å²) < 4.78 is 24.7. The molecule has 1 heterocycles. The molecular weight excluding hydrogens is 375 g/mol. The van der Waals surface area contributed by atoms with Crippen LogP contribution in [-0.4, -0.2) is 38.7 Å². The first-order valence-corrected chi connectivity index (χ1v) is 9.52. The van der Waals surface area contributed by atoms with Crippen molar-refractivity contribution < 1.29 is 23.5 Å². The van der Waals surface area contributed by atoms with Crippen LogP contribution in [0.5, 0.6) is 5.75 Å². The van der Waals surface area contributed by atoms with E-state index in [2.05, 4.69) is 10.6 Å². The summed E-state index contributed by atoms with van der Waals surface area (Å²) in [4.78, 5) is 24.6. The largest absolute Gasteiger partial charge is 0.496 e. The van der Waals surface area contributed by atoms with Gasteiger partial charge in [-0.15, -0.1) is 0 Å². The lowest BCUT2D eigenvalue weighted by Crippen LogP contribution is -2.47. The van der Waals surface area contributed by atoms with Crippen molar-refractivity contribution in [2.24, 2.45) is 0 Å². The molecule has 0 radical (unpaired) electrons. The van der Waals surface area contributed by atoms with Crippen LogP contribution in [-0.2, 0) is 19.7 Å². The number of hydrogen-bond donors (Lipinski definition) is 2. The van der Waals surface area contributed by atoms with E-state index >= 15 is 0 Å². The Morgan fingerprint density at radius 1 is 1.14 bits per heavy atom. The summed E-state index contributed by atoms with van der Waals surface area (Å²) in [5.41, 5.74) is 1.29. The molecule has 2 aromatic rings. The molecule has 7 heteroatoms. The Labute approximate surface area is 169 Å². The lowest BCUT2D eigenvalue weighted by Gasteiger charge is -2.38. The van der Waals surface area contributed by atoms with Crippen LogP contribution in [0.25, 0.3) is 0 Å². The number of rotatable bonds is 5. The van der Waals surface area contributed by atoms with Gasteiger partial charge in [-0.25, -0.2) is 4.39 Å². The van der Waals surface area contributed by atoms with Crippen molar-refractivity contribution in [2.45, 2.75) is 25.2 Å². The van der Waals surface area contributed by atoms with Gasteiger partial charge < -0.3 is 20.1 Å². The summed E-state index contributed by atoms with van der Waals surface area (Å²) in [6, 6.07) is 12.0. The Kier molecular flexibility index (Phi) is 6.49. The van der Waals surface area contributed by atoms with Crippen LogP contribution in [0.2, 0.25) is 0 Å². The van der Waals surface area contributed by atoms with Crippen molar-refractivity contribution in [3.63, 3.8) is 0 Å². The number of carbonyl (C=O) groups is 2. The Hall–Kier alpha value is -2.93. The minimum atomic E-state index is -0.838. The lowest BCUT2D eigenvalue weighted by atomic mass is 9.73. The number of carbonyl (C=O) groups excluding carboxylic acids is 2. The van der Waals surface area contributed by atoms with Crippen LogP contribution in [0.3, 0.4) is 0 Å². The second kappa shape index (κ2) is 9.05. The van der Waals surface area contributed by atoms with Gasteiger partial charge in [0.05, 0.1) is 7.11 Å². The van der Waals surface area contributed by atoms with Gasteiger partial charge in [0.2, 0.25) is 0 Å². The first kappa shape index (κ1) is 20.8. The van der Waals surface area contributed by atoms with Crippen LogP contribution in [0.4, 0.5) is 10.1 Å². The number of ether oxygens (including phenoxy) is 2. The zero-order valence-corrected chi connectivity index (χ0v) is 16.6. The first-order chi connectivity index (χ1) is 13.9. The Balaban J connectivity index is 1.71. The Morgan fingerprint density at radius 2 is 1.86 bits per heavy atom. The van der Waals surface area contributed by atoms with Gasteiger partial charge in [-0.05, 0) is 43.5 Å². The lowest BCUT2D eigenvalue weighted by molar-refractivity contribution is -0.136. The van der Waals surface area contributed by atoms with Crippen LogP contribution in [0.15, 0.2) is 42.5 Å². The number of hydrogen-bond acceptors (Lipinski definition) is 4. The van der Waals surface area contributed by atoms with E-state index in [1.165, 1.54) is 6.07 Å². The summed E-state index contributed by atoms with van der Waals surface area (Å²) in [6.45, 7) is 3.01. The summed E-state index contributed by atoms with van der Waals surface area (Å²) in [5, 5.41) is 5.17. The SMILES string of the molecule is COc1ccccc1C1(CNC(=O)C(=O)Nc2ccc(C)c(F)c2)CCOCC1. The van der Waals surface area contributed by atoms with Crippen molar-refractivity contribution in [1.82, 2.24) is 5.32 Å². The van der Waals surface area contributed by atoms with E-state index in [1.54, 1.807) is 26.2 Å². The molecule has 2 N–H and O–H groups in total. The van der Waals surface area contributed by atoms with Gasteiger partial charge in [-0.3, -0.25) is 9.59 Å². The number of halogens is 1. The van der Waals surface area contributed by atoms with Crippen molar-refractivity contribution >= 4 is 17.5 Å². The van der Waals surface area contributed by atoms with Gasteiger partial charge in [-0.1, -0.05) is 24.3 Å². The fourth-order valence-electron chi connectivity index (χ4n) is 3.57. The molecule has 0 unspecified atom stereocenters. The molecule has 0 saturated carbocycles. The molecule has 3 rings (SSSR count). The van der Waals surface area contributed by atoms with Crippen LogP contribution >= 0.6 is 0 Å². The number of anilines is 1. The topological polar surface area (TPSA) is 76.7 Å². The van der Waals surface area contributed by atoms with Gasteiger partial charge in [0.25, 0.3) is 0 Å². The van der Waals surface area contributed by atoms with Crippen molar-refractivity contribution in [3.05, 3.63) is 59.4 Å². The maximum Gasteiger partial charge on any atom is 0.313 e. The number of nitrogens with one attached hydrogen (secondary N) is 2. The minimum Gasteiger partial charge on any atom is -0.496 e. The van der Waals surface area contributed by atoms with Crippen LogP contribution in [0, 0.1) is 12.7 Å². The van der Waals surface area contributed by atoms with Crippen LogP contribution in [0.1, 0.15) is 24.0 Å². The van der Waals surface area contributed by atoms with E-state index in [0.717, 1.165) is 11.3 Å². The third-order valence-corrected chi connectivity index (χ3v) is 5.35. The highest BCUT2D eigenvalue weighted by Crippen LogP contribution is 2.39. The molecule has 0 spiro atoms. The van der Waals surface area contributed by atoms with Crippen molar-refractivity contribution in [2.75, 3.05) is 32.2 Å². The normalized spacial score (nSPS) is 15.4. The van der Waals surface area contributed by atoms with E-state index < -0.39 is 23.0 Å². The molecular formula is C22H25FN2O4. The highest BCUT2D eigenvalue weighted by atomic mass is 19.1. The average molecular weight is 400 g/mol. The molecule has 2 aromatic carbocycles. The predicted octanol–water partition coefficient (Wildman–Crippen LogP) is 2.95. The number of benzene rings is 2. The minimum absolute atomic E-state index is 0.235. The highest BCUT2D eigenvalue weighted by Gasteiger charge is 2.37. The molecule has 154 valence electrons. The van der Waals surface area contributed by atoms with Gasteiger partial charge >= 0.3 is 11.8 Å². The summed E-state index contributed by atoms with van der Waals surface area (Å²) in [7, 11) is 1.61. The predicted molar refractivity (Wildman–Crippen MR) is 108 cm³/mol. The van der Waals surface area contributed by atoms with Crippen molar-refractivity contribution in [1.29, 1.82) is 0 Å². The van der Waals surface area contributed by atoms with Gasteiger partial charge in [0.15, 0.2) is 0 Å². The third kappa shape index (κ3) is 4.74. The quantitative estimate of drug-likeness (QED) is 0.757. The molecule has 29 heavy (non-hydrogen) atoms.